The molecule has 0 aromatic carbocycles. The number of sulfonamides is 1. The first-order chi connectivity index (χ1) is 9.32. The summed E-state index contributed by atoms with van der Waals surface area (Å²) in [6.45, 7) is 4.81. The van der Waals surface area contributed by atoms with E-state index in [9.17, 15) is 8.42 Å². The van der Waals surface area contributed by atoms with Gasteiger partial charge in [-0.2, -0.15) is 0 Å². The van der Waals surface area contributed by atoms with Gasteiger partial charge in [0.15, 0.2) is 5.03 Å². The molecule has 5 nitrogen and oxygen atoms in total. The summed E-state index contributed by atoms with van der Waals surface area (Å²) in [4.78, 5) is 3.98. The van der Waals surface area contributed by atoms with Gasteiger partial charge in [-0.25, -0.2) is 18.1 Å². The molecule has 0 saturated heterocycles. The second kappa shape index (κ2) is 5.79. The summed E-state index contributed by atoms with van der Waals surface area (Å²) in [5.74, 6) is 0. The van der Waals surface area contributed by atoms with Gasteiger partial charge >= 0.3 is 0 Å². The molecule has 1 aromatic rings. The first-order valence-electron chi connectivity index (χ1n) is 7.00. The molecular weight excluding hydrogens is 274 g/mol. The van der Waals surface area contributed by atoms with Gasteiger partial charge in [0.2, 0.25) is 0 Å². The summed E-state index contributed by atoms with van der Waals surface area (Å²) in [6.07, 6.45) is 5.36. The van der Waals surface area contributed by atoms with Crippen molar-refractivity contribution >= 4 is 10.0 Å². The average molecular weight is 297 g/mol. The minimum Gasteiger partial charge on any atom is -0.326 e. The van der Waals surface area contributed by atoms with Crippen molar-refractivity contribution in [2.75, 3.05) is 0 Å². The van der Waals surface area contributed by atoms with Crippen LogP contribution < -0.4 is 10.5 Å². The Balaban J connectivity index is 2.04. The highest BCUT2D eigenvalue weighted by Crippen LogP contribution is 2.35. The monoisotopic (exact) mass is 297 g/mol. The number of nitrogens with zero attached hydrogens (tertiary/aromatic N) is 1. The maximum Gasteiger partial charge on any atom is 0.258 e. The predicted octanol–water partition coefficient (Wildman–Crippen LogP) is 1.79. The van der Waals surface area contributed by atoms with Crippen molar-refractivity contribution in [3.05, 3.63) is 23.9 Å². The molecule has 0 atom stereocenters. The van der Waals surface area contributed by atoms with Crippen molar-refractivity contribution in [3.63, 3.8) is 0 Å². The maximum atomic E-state index is 12.3. The molecular formula is C14H23N3O2S. The second-order valence-corrected chi connectivity index (χ2v) is 7.93. The number of pyridine rings is 1. The molecule has 112 valence electrons. The van der Waals surface area contributed by atoms with Crippen LogP contribution in [0.3, 0.4) is 0 Å². The fourth-order valence-corrected chi connectivity index (χ4v) is 3.72. The Kier molecular flexibility index (Phi) is 4.46. The Morgan fingerprint density at radius 3 is 2.50 bits per heavy atom. The Morgan fingerprint density at radius 2 is 2.00 bits per heavy atom. The molecule has 1 heterocycles. The highest BCUT2D eigenvalue weighted by atomic mass is 32.2. The molecule has 1 aliphatic rings. The zero-order valence-electron chi connectivity index (χ0n) is 12.1. The lowest BCUT2D eigenvalue weighted by molar-refractivity contribution is 0.218. The maximum absolute atomic E-state index is 12.3. The topological polar surface area (TPSA) is 85.1 Å². The van der Waals surface area contributed by atoms with Gasteiger partial charge in [-0.1, -0.05) is 19.9 Å². The number of nitrogens with one attached hydrogen (secondary N) is 1. The summed E-state index contributed by atoms with van der Waals surface area (Å²) in [7, 11) is -3.52. The van der Waals surface area contributed by atoms with Crippen LogP contribution in [0.25, 0.3) is 0 Å². The van der Waals surface area contributed by atoms with Crippen LogP contribution in [0.5, 0.6) is 0 Å². The quantitative estimate of drug-likeness (QED) is 0.887. The summed E-state index contributed by atoms with van der Waals surface area (Å²) >= 11 is 0. The first kappa shape index (κ1) is 15.4. The molecule has 1 aromatic heterocycles. The number of aromatic nitrogens is 1. The highest BCUT2D eigenvalue weighted by Gasteiger charge is 2.29. The number of hydrogen-bond acceptors (Lipinski definition) is 4. The van der Waals surface area contributed by atoms with E-state index in [1.54, 1.807) is 6.07 Å². The molecule has 1 aliphatic carbocycles. The molecule has 0 radical (unpaired) electrons. The number of hydrogen-bond donors (Lipinski definition) is 2. The molecule has 3 N–H and O–H groups in total. The van der Waals surface area contributed by atoms with Crippen molar-refractivity contribution in [2.24, 2.45) is 11.1 Å². The Morgan fingerprint density at radius 1 is 1.35 bits per heavy atom. The molecule has 0 amide bonds. The van der Waals surface area contributed by atoms with E-state index in [2.05, 4.69) is 23.6 Å². The van der Waals surface area contributed by atoms with Crippen molar-refractivity contribution in [1.82, 2.24) is 9.71 Å². The van der Waals surface area contributed by atoms with Crippen molar-refractivity contribution in [2.45, 2.75) is 57.1 Å². The zero-order valence-corrected chi connectivity index (χ0v) is 12.9. The lowest BCUT2D eigenvalue weighted by atomic mass is 9.76. The van der Waals surface area contributed by atoms with Crippen molar-refractivity contribution in [1.29, 1.82) is 0 Å². The molecule has 0 bridgehead atoms. The second-order valence-electron chi connectivity index (χ2n) is 6.27. The van der Waals surface area contributed by atoms with E-state index < -0.39 is 10.0 Å². The molecule has 0 unspecified atom stereocenters. The van der Waals surface area contributed by atoms with Gasteiger partial charge in [0.25, 0.3) is 10.0 Å². The third-order valence-corrected chi connectivity index (χ3v) is 5.41. The van der Waals surface area contributed by atoms with Gasteiger partial charge in [0, 0.05) is 18.8 Å². The largest absolute Gasteiger partial charge is 0.326 e. The smallest absolute Gasteiger partial charge is 0.258 e. The average Bonchev–Trinajstić information content (AvgIpc) is 2.41. The first-order valence-corrected chi connectivity index (χ1v) is 8.48. The van der Waals surface area contributed by atoms with Gasteiger partial charge < -0.3 is 5.73 Å². The summed E-state index contributed by atoms with van der Waals surface area (Å²) in [5.41, 5.74) is 6.62. The molecule has 20 heavy (non-hydrogen) atoms. The van der Waals surface area contributed by atoms with Gasteiger partial charge in [-0.05, 0) is 42.7 Å². The lowest BCUT2D eigenvalue weighted by Gasteiger charge is -2.34. The van der Waals surface area contributed by atoms with Crippen molar-refractivity contribution in [3.8, 4) is 0 Å². The van der Waals surface area contributed by atoms with E-state index >= 15 is 0 Å². The molecule has 0 spiro atoms. The van der Waals surface area contributed by atoms with E-state index in [-0.39, 0.29) is 11.1 Å². The SMILES string of the molecule is CC1(C)CCC(NS(=O)(=O)c2ccc(CN)cn2)CC1. The fourth-order valence-electron chi connectivity index (χ4n) is 2.49. The van der Waals surface area contributed by atoms with Crippen LogP contribution in [0.15, 0.2) is 23.4 Å². The fraction of sp³-hybridized carbons (Fsp3) is 0.643. The van der Waals surface area contributed by atoms with Crippen LogP contribution in [0.2, 0.25) is 0 Å². The molecule has 2 rings (SSSR count). The van der Waals surface area contributed by atoms with Crippen molar-refractivity contribution < 1.29 is 8.42 Å². The van der Waals surface area contributed by atoms with E-state index in [1.807, 2.05) is 0 Å². The minimum absolute atomic E-state index is 0.0176. The van der Waals surface area contributed by atoms with Crippen LogP contribution in [0, 0.1) is 5.41 Å². The Hall–Kier alpha value is -0.980. The van der Waals surface area contributed by atoms with Crippen LogP contribution in [0.4, 0.5) is 0 Å². The Labute approximate surface area is 121 Å². The minimum atomic E-state index is -3.52. The normalized spacial score (nSPS) is 19.9. The third-order valence-electron chi connectivity index (χ3n) is 3.97. The molecule has 1 fully saturated rings. The number of nitrogens with two attached hydrogens (primary N) is 1. The van der Waals surface area contributed by atoms with Gasteiger partial charge in [0.1, 0.15) is 0 Å². The van der Waals surface area contributed by atoms with E-state index in [4.69, 9.17) is 5.73 Å². The molecule has 1 saturated carbocycles. The predicted molar refractivity (Wildman–Crippen MR) is 78.5 cm³/mol. The number of rotatable bonds is 4. The van der Waals surface area contributed by atoms with Gasteiger partial charge in [-0.15, -0.1) is 0 Å². The van der Waals surface area contributed by atoms with Crippen LogP contribution in [-0.4, -0.2) is 19.4 Å². The summed E-state index contributed by atoms with van der Waals surface area (Å²) in [5, 5.41) is 0.0690. The van der Waals surface area contributed by atoms with Crippen LogP contribution in [-0.2, 0) is 16.6 Å². The van der Waals surface area contributed by atoms with Crippen LogP contribution in [0.1, 0.15) is 45.1 Å². The van der Waals surface area contributed by atoms with E-state index in [0.29, 0.717) is 12.0 Å². The Bertz CT molecular complexity index is 542. The summed E-state index contributed by atoms with van der Waals surface area (Å²) in [6, 6.07) is 3.23. The van der Waals surface area contributed by atoms with Gasteiger partial charge in [-0.3, -0.25) is 0 Å². The van der Waals surface area contributed by atoms with E-state index in [1.165, 1.54) is 12.3 Å². The molecule has 6 heteroatoms. The lowest BCUT2D eigenvalue weighted by Crippen LogP contribution is -2.39. The third kappa shape index (κ3) is 3.77. The highest BCUT2D eigenvalue weighted by molar-refractivity contribution is 7.89. The van der Waals surface area contributed by atoms with E-state index in [0.717, 1.165) is 31.2 Å². The molecule has 0 aliphatic heterocycles. The zero-order chi connectivity index (χ0) is 14.8. The summed E-state index contributed by atoms with van der Waals surface area (Å²) < 4.78 is 27.3. The van der Waals surface area contributed by atoms with Crippen LogP contribution >= 0.6 is 0 Å². The van der Waals surface area contributed by atoms with Gasteiger partial charge in [0.05, 0.1) is 0 Å². The standard InChI is InChI=1S/C14H23N3O2S/c1-14(2)7-5-12(6-8-14)17-20(18,19)13-4-3-11(9-15)10-16-13/h3-4,10,12,17H,5-9,15H2,1-2H3.